The molecule has 0 unspecified atom stereocenters. The molecule has 0 radical (unpaired) electrons. The Balaban J connectivity index is 2.12. The summed E-state index contributed by atoms with van der Waals surface area (Å²) in [5.41, 5.74) is 8.82. The van der Waals surface area contributed by atoms with E-state index in [1.54, 1.807) is 19.2 Å². The number of nitrogens with two attached hydrogens (primary N) is 1. The topological polar surface area (TPSA) is 73.6 Å². The fourth-order valence-corrected chi connectivity index (χ4v) is 2.07. The van der Waals surface area contributed by atoms with Gasteiger partial charge in [0.1, 0.15) is 12.4 Å². The normalized spacial score (nSPS) is 10.4. The van der Waals surface area contributed by atoms with E-state index in [4.69, 9.17) is 15.2 Å². The van der Waals surface area contributed by atoms with Crippen molar-refractivity contribution in [2.45, 2.75) is 13.5 Å². The standard InChI is InChI=1S/C18H22N2O3/c1-13-3-8-16(17(11-13)23-10-9-22-2)20-18(21)15-6-4-14(12-19)5-7-15/h3-8,11H,9-10,12,19H2,1-2H3,(H,20,21). The van der Waals surface area contributed by atoms with E-state index in [0.717, 1.165) is 11.1 Å². The minimum Gasteiger partial charge on any atom is -0.489 e. The molecule has 2 rings (SSSR count). The van der Waals surface area contributed by atoms with Gasteiger partial charge in [-0.25, -0.2) is 0 Å². The zero-order chi connectivity index (χ0) is 16.7. The van der Waals surface area contributed by atoms with Crippen molar-refractivity contribution in [1.82, 2.24) is 0 Å². The number of anilines is 1. The van der Waals surface area contributed by atoms with E-state index in [1.807, 2.05) is 37.3 Å². The van der Waals surface area contributed by atoms with Gasteiger partial charge in [-0.2, -0.15) is 0 Å². The lowest BCUT2D eigenvalue weighted by Gasteiger charge is -2.13. The second kappa shape index (κ2) is 8.31. The average Bonchev–Trinajstić information content (AvgIpc) is 2.57. The summed E-state index contributed by atoms with van der Waals surface area (Å²) in [4.78, 5) is 12.4. The second-order valence-electron chi connectivity index (χ2n) is 5.20. The number of carbonyl (C=O) groups is 1. The van der Waals surface area contributed by atoms with Gasteiger partial charge in [-0.3, -0.25) is 4.79 Å². The number of ether oxygens (including phenoxy) is 2. The van der Waals surface area contributed by atoms with Gasteiger partial charge in [-0.15, -0.1) is 0 Å². The van der Waals surface area contributed by atoms with Gasteiger partial charge in [-0.05, 0) is 42.3 Å². The first kappa shape index (κ1) is 17.0. The molecule has 0 spiro atoms. The molecule has 0 aromatic heterocycles. The van der Waals surface area contributed by atoms with E-state index < -0.39 is 0 Å². The summed E-state index contributed by atoms with van der Waals surface area (Å²) < 4.78 is 10.7. The number of hydrogen-bond donors (Lipinski definition) is 2. The molecule has 0 fully saturated rings. The van der Waals surface area contributed by atoms with Crippen LogP contribution in [-0.2, 0) is 11.3 Å². The number of rotatable bonds is 7. The number of nitrogens with one attached hydrogen (secondary N) is 1. The Labute approximate surface area is 136 Å². The van der Waals surface area contributed by atoms with E-state index in [2.05, 4.69) is 5.32 Å². The highest BCUT2D eigenvalue weighted by Crippen LogP contribution is 2.26. The molecule has 0 bridgehead atoms. The maximum atomic E-state index is 12.4. The van der Waals surface area contributed by atoms with E-state index in [0.29, 0.717) is 36.8 Å². The molecule has 2 aromatic rings. The zero-order valence-electron chi connectivity index (χ0n) is 13.5. The predicted molar refractivity (Wildman–Crippen MR) is 90.8 cm³/mol. The van der Waals surface area contributed by atoms with Crippen molar-refractivity contribution in [3.05, 3.63) is 59.2 Å². The maximum Gasteiger partial charge on any atom is 0.255 e. The lowest BCUT2D eigenvalue weighted by molar-refractivity contribution is 0.102. The fraction of sp³-hybridized carbons (Fsp3) is 0.278. The van der Waals surface area contributed by atoms with Crippen LogP contribution in [0.4, 0.5) is 5.69 Å². The Morgan fingerprint density at radius 1 is 1.13 bits per heavy atom. The summed E-state index contributed by atoms with van der Waals surface area (Å²) in [6.45, 7) is 3.34. The van der Waals surface area contributed by atoms with E-state index in [9.17, 15) is 4.79 Å². The highest BCUT2D eigenvalue weighted by Gasteiger charge is 2.10. The summed E-state index contributed by atoms with van der Waals surface area (Å²) >= 11 is 0. The number of amides is 1. The number of methoxy groups -OCH3 is 1. The summed E-state index contributed by atoms with van der Waals surface area (Å²) in [5, 5.41) is 2.88. The van der Waals surface area contributed by atoms with Crippen molar-refractivity contribution < 1.29 is 14.3 Å². The number of carbonyl (C=O) groups excluding carboxylic acids is 1. The first-order chi connectivity index (χ1) is 11.1. The van der Waals surface area contributed by atoms with E-state index >= 15 is 0 Å². The van der Waals surface area contributed by atoms with E-state index in [1.165, 1.54) is 0 Å². The Morgan fingerprint density at radius 2 is 1.87 bits per heavy atom. The van der Waals surface area contributed by atoms with Gasteiger partial charge in [0.05, 0.1) is 12.3 Å². The molecule has 5 heteroatoms. The molecule has 3 N–H and O–H groups in total. The monoisotopic (exact) mass is 314 g/mol. The van der Waals surface area contributed by atoms with Gasteiger partial charge in [-0.1, -0.05) is 18.2 Å². The van der Waals surface area contributed by atoms with Gasteiger partial charge in [0.2, 0.25) is 0 Å². The van der Waals surface area contributed by atoms with Crippen LogP contribution in [0, 0.1) is 6.92 Å². The van der Waals surface area contributed by atoms with Crippen LogP contribution in [0.5, 0.6) is 5.75 Å². The highest BCUT2D eigenvalue weighted by atomic mass is 16.5. The van der Waals surface area contributed by atoms with Crippen molar-refractivity contribution in [2.24, 2.45) is 5.73 Å². The Bertz CT molecular complexity index is 654. The molecule has 0 aliphatic heterocycles. The first-order valence-electron chi connectivity index (χ1n) is 7.47. The summed E-state index contributed by atoms with van der Waals surface area (Å²) in [7, 11) is 1.62. The lowest BCUT2D eigenvalue weighted by Crippen LogP contribution is -2.14. The van der Waals surface area contributed by atoms with Crippen LogP contribution < -0.4 is 15.8 Å². The van der Waals surface area contributed by atoms with E-state index in [-0.39, 0.29) is 5.91 Å². The summed E-state index contributed by atoms with van der Waals surface area (Å²) in [6, 6.07) is 12.9. The van der Waals surface area contributed by atoms with Gasteiger partial charge < -0.3 is 20.5 Å². The molecule has 0 heterocycles. The van der Waals surface area contributed by atoms with Gasteiger partial charge in [0.25, 0.3) is 5.91 Å². The van der Waals surface area contributed by atoms with Crippen LogP contribution >= 0.6 is 0 Å². The SMILES string of the molecule is COCCOc1cc(C)ccc1NC(=O)c1ccc(CN)cc1. The van der Waals surface area contributed by atoms with Crippen molar-refractivity contribution in [3.63, 3.8) is 0 Å². The molecule has 0 saturated carbocycles. The molecule has 0 saturated heterocycles. The third-order valence-electron chi connectivity index (χ3n) is 3.38. The molecule has 0 aliphatic carbocycles. The van der Waals surface area contributed by atoms with Crippen LogP contribution in [0.3, 0.4) is 0 Å². The minimum atomic E-state index is -0.186. The van der Waals surface area contributed by atoms with Crippen molar-refractivity contribution in [3.8, 4) is 5.75 Å². The fourth-order valence-electron chi connectivity index (χ4n) is 2.07. The number of aryl methyl sites for hydroxylation is 1. The van der Waals surface area contributed by atoms with Crippen LogP contribution in [0.1, 0.15) is 21.5 Å². The van der Waals surface area contributed by atoms with Gasteiger partial charge >= 0.3 is 0 Å². The molecule has 1 amide bonds. The van der Waals surface area contributed by atoms with Crippen molar-refractivity contribution in [2.75, 3.05) is 25.6 Å². The first-order valence-corrected chi connectivity index (χ1v) is 7.47. The molecule has 0 aliphatic rings. The maximum absolute atomic E-state index is 12.4. The van der Waals surface area contributed by atoms with Crippen LogP contribution in [0.25, 0.3) is 0 Å². The Kier molecular flexibility index (Phi) is 6.14. The molecule has 122 valence electrons. The number of hydrogen-bond acceptors (Lipinski definition) is 4. The summed E-state index contributed by atoms with van der Waals surface area (Å²) in [5.74, 6) is 0.447. The Hall–Kier alpha value is -2.37. The second-order valence-corrected chi connectivity index (χ2v) is 5.20. The van der Waals surface area contributed by atoms with Crippen LogP contribution in [0.2, 0.25) is 0 Å². The lowest BCUT2D eigenvalue weighted by atomic mass is 10.1. The average molecular weight is 314 g/mol. The van der Waals surface area contributed by atoms with Crippen molar-refractivity contribution in [1.29, 1.82) is 0 Å². The van der Waals surface area contributed by atoms with Crippen molar-refractivity contribution >= 4 is 11.6 Å². The molecule has 5 nitrogen and oxygen atoms in total. The molecule has 2 aromatic carbocycles. The smallest absolute Gasteiger partial charge is 0.255 e. The minimum absolute atomic E-state index is 0.186. The molecular formula is C18H22N2O3. The third kappa shape index (κ3) is 4.81. The molecule has 0 atom stereocenters. The number of benzene rings is 2. The predicted octanol–water partition coefficient (Wildman–Crippen LogP) is 2.73. The molecular weight excluding hydrogens is 292 g/mol. The summed E-state index contributed by atoms with van der Waals surface area (Å²) in [6.07, 6.45) is 0. The Morgan fingerprint density at radius 3 is 2.52 bits per heavy atom. The quantitative estimate of drug-likeness (QED) is 0.771. The molecule has 23 heavy (non-hydrogen) atoms. The largest absolute Gasteiger partial charge is 0.489 e. The zero-order valence-corrected chi connectivity index (χ0v) is 13.5. The van der Waals surface area contributed by atoms with Gasteiger partial charge in [0.15, 0.2) is 0 Å². The van der Waals surface area contributed by atoms with Crippen LogP contribution in [0.15, 0.2) is 42.5 Å². The van der Waals surface area contributed by atoms with Gasteiger partial charge in [0, 0.05) is 19.2 Å². The van der Waals surface area contributed by atoms with Crippen LogP contribution in [-0.4, -0.2) is 26.2 Å². The third-order valence-corrected chi connectivity index (χ3v) is 3.38. The highest BCUT2D eigenvalue weighted by molar-refractivity contribution is 6.05.